The summed E-state index contributed by atoms with van der Waals surface area (Å²) in [6.07, 6.45) is 3.42. The smallest absolute Gasteiger partial charge is 0.276 e. The molecular formula is C20H22N2O4S. The van der Waals surface area contributed by atoms with E-state index in [1.807, 2.05) is 13.0 Å². The lowest BCUT2D eigenvalue weighted by molar-refractivity contribution is 0.174. The minimum Gasteiger partial charge on any atom is -0.454 e. The van der Waals surface area contributed by atoms with E-state index in [1.54, 1.807) is 24.3 Å². The van der Waals surface area contributed by atoms with Crippen LogP contribution in [0.25, 0.3) is 0 Å². The highest BCUT2D eigenvalue weighted by Gasteiger charge is 2.23. The third-order valence-corrected chi connectivity index (χ3v) is 6.31. The van der Waals surface area contributed by atoms with Crippen LogP contribution in [0.1, 0.15) is 42.7 Å². The van der Waals surface area contributed by atoms with E-state index in [2.05, 4.69) is 22.1 Å². The fraction of sp³-hybridized carbons (Fsp3) is 0.350. The Morgan fingerprint density at radius 1 is 1.00 bits per heavy atom. The minimum atomic E-state index is -3.62. The number of hydrazone groups is 1. The number of aryl methyl sites for hydroxylation is 1. The van der Waals surface area contributed by atoms with Crippen molar-refractivity contribution in [1.29, 1.82) is 0 Å². The van der Waals surface area contributed by atoms with Crippen molar-refractivity contribution in [1.82, 2.24) is 4.83 Å². The molecule has 1 N–H and O–H groups in total. The monoisotopic (exact) mass is 386 g/mol. The Morgan fingerprint density at radius 3 is 2.44 bits per heavy atom. The number of sulfonamides is 1. The zero-order valence-corrected chi connectivity index (χ0v) is 16.0. The van der Waals surface area contributed by atoms with Crippen LogP contribution in [0, 0.1) is 6.92 Å². The van der Waals surface area contributed by atoms with Gasteiger partial charge in [-0.25, -0.2) is 4.83 Å². The highest BCUT2D eigenvalue weighted by molar-refractivity contribution is 7.89. The number of rotatable bonds is 4. The van der Waals surface area contributed by atoms with E-state index in [-0.39, 0.29) is 11.7 Å². The second-order valence-electron chi connectivity index (χ2n) is 6.97. The Balaban J connectivity index is 1.38. The number of benzene rings is 2. The molecule has 2 aromatic carbocycles. The molecule has 0 atom stereocenters. The third-order valence-electron chi connectivity index (χ3n) is 5.09. The number of ether oxygens (including phenoxy) is 2. The van der Waals surface area contributed by atoms with Crippen LogP contribution in [-0.4, -0.2) is 20.9 Å². The Morgan fingerprint density at radius 2 is 1.70 bits per heavy atom. The summed E-state index contributed by atoms with van der Waals surface area (Å²) in [4.78, 5) is 2.60. The number of nitrogens with zero attached hydrogens (tertiary/aromatic N) is 1. The van der Waals surface area contributed by atoms with Crippen LogP contribution in [0.2, 0.25) is 0 Å². The van der Waals surface area contributed by atoms with Gasteiger partial charge in [0.05, 0.1) is 4.90 Å². The molecule has 4 rings (SSSR count). The molecule has 1 saturated carbocycles. The maximum absolute atomic E-state index is 12.3. The van der Waals surface area contributed by atoms with Gasteiger partial charge >= 0.3 is 0 Å². The Labute approximate surface area is 159 Å². The van der Waals surface area contributed by atoms with Crippen LogP contribution in [0.15, 0.2) is 52.5 Å². The maximum Gasteiger partial charge on any atom is 0.276 e. The van der Waals surface area contributed by atoms with E-state index >= 15 is 0 Å². The van der Waals surface area contributed by atoms with Gasteiger partial charge in [0.1, 0.15) is 0 Å². The Hall–Kier alpha value is -2.54. The molecule has 2 aromatic rings. The second kappa shape index (κ2) is 7.23. The molecule has 1 aliphatic carbocycles. The van der Waals surface area contributed by atoms with E-state index in [0.717, 1.165) is 48.5 Å². The van der Waals surface area contributed by atoms with Crippen molar-refractivity contribution >= 4 is 15.7 Å². The van der Waals surface area contributed by atoms with E-state index in [1.165, 1.54) is 5.56 Å². The first-order valence-corrected chi connectivity index (χ1v) is 10.5. The summed E-state index contributed by atoms with van der Waals surface area (Å²) in [5.74, 6) is 2.02. The summed E-state index contributed by atoms with van der Waals surface area (Å²) in [5, 5.41) is 4.17. The van der Waals surface area contributed by atoms with Crippen molar-refractivity contribution < 1.29 is 17.9 Å². The topological polar surface area (TPSA) is 77.0 Å². The van der Waals surface area contributed by atoms with Crippen molar-refractivity contribution in [3.05, 3.63) is 53.6 Å². The number of fused-ring (bicyclic) bond motifs is 1. The standard InChI is InChI=1S/C20H22N2O4S/c1-14-2-9-18(10-3-14)27(23,24)22-21-17-7-4-15(5-8-17)16-6-11-19-20(12-16)26-13-25-19/h2-3,6,9-12,15,22H,4-5,7-8,13H2,1H3. The van der Waals surface area contributed by atoms with E-state index < -0.39 is 10.0 Å². The maximum atomic E-state index is 12.3. The molecule has 0 amide bonds. The summed E-state index contributed by atoms with van der Waals surface area (Å²) in [6, 6.07) is 12.8. The van der Waals surface area contributed by atoms with Crippen molar-refractivity contribution in [2.24, 2.45) is 5.10 Å². The fourth-order valence-corrected chi connectivity index (χ4v) is 4.31. The lowest BCUT2D eigenvalue weighted by atomic mass is 9.83. The predicted octanol–water partition coefficient (Wildman–Crippen LogP) is 3.72. The fourth-order valence-electron chi connectivity index (χ4n) is 3.46. The van der Waals surface area contributed by atoms with Gasteiger partial charge < -0.3 is 9.47 Å². The molecule has 0 aromatic heterocycles. The molecule has 0 spiro atoms. The first kappa shape index (κ1) is 17.9. The van der Waals surface area contributed by atoms with Crippen molar-refractivity contribution in [3.63, 3.8) is 0 Å². The lowest BCUT2D eigenvalue weighted by Crippen LogP contribution is -2.22. The summed E-state index contributed by atoms with van der Waals surface area (Å²) in [5.41, 5.74) is 3.14. The first-order valence-electron chi connectivity index (χ1n) is 9.05. The first-order chi connectivity index (χ1) is 13.0. The van der Waals surface area contributed by atoms with Gasteiger partial charge in [0.15, 0.2) is 11.5 Å². The molecule has 1 fully saturated rings. The van der Waals surface area contributed by atoms with Crippen molar-refractivity contribution in [3.8, 4) is 11.5 Å². The SMILES string of the molecule is Cc1ccc(S(=O)(=O)NN=C2CCC(c3ccc4c(c3)OCO4)CC2)cc1. The molecule has 142 valence electrons. The highest BCUT2D eigenvalue weighted by Crippen LogP contribution is 2.38. The number of hydrogen-bond acceptors (Lipinski definition) is 5. The summed E-state index contributed by atoms with van der Waals surface area (Å²) >= 11 is 0. The molecule has 0 bridgehead atoms. The van der Waals surface area contributed by atoms with Crippen LogP contribution in [-0.2, 0) is 10.0 Å². The molecular weight excluding hydrogens is 364 g/mol. The summed E-state index contributed by atoms with van der Waals surface area (Å²) in [6.45, 7) is 2.20. The van der Waals surface area contributed by atoms with Gasteiger partial charge in [-0.1, -0.05) is 23.8 Å². The van der Waals surface area contributed by atoms with E-state index in [4.69, 9.17) is 9.47 Å². The average Bonchev–Trinajstić information content (AvgIpc) is 3.15. The Kier molecular flexibility index (Phi) is 4.78. The molecule has 2 aliphatic rings. The van der Waals surface area contributed by atoms with Crippen molar-refractivity contribution in [2.75, 3.05) is 6.79 Å². The van der Waals surface area contributed by atoms with Gasteiger partial charge in [-0.15, -0.1) is 0 Å². The third kappa shape index (κ3) is 3.93. The lowest BCUT2D eigenvalue weighted by Gasteiger charge is -2.23. The number of nitrogens with one attached hydrogen (secondary N) is 1. The Bertz CT molecular complexity index is 958. The number of hydrogen-bond donors (Lipinski definition) is 1. The average molecular weight is 386 g/mol. The van der Waals surface area contributed by atoms with Gasteiger partial charge in [-0.05, 0) is 68.4 Å². The van der Waals surface area contributed by atoms with Crippen LogP contribution < -0.4 is 14.3 Å². The van der Waals surface area contributed by atoms with E-state index in [9.17, 15) is 8.42 Å². The van der Waals surface area contributed by atoms with Gasteiger partial charge in [0.25, 0.3) is 10.0 Å². The van der Waals surface area contributed by atoms with Crippen LogP contribution in [0.3, 0.4) is 0 Å². The summed E-state index contributed by atoms with van der Waals surface area (Å²) < 4.78 is 35.5. The quantitative estimate of drug-likeness (QED) is 0.813. The minimum absolute atomic E-state index is 0.228. The van der Waals surface area contributed by atoms with Gasteiger partial charge in [0, 0.05) is 5.71 Å². The molecule has 27 heavy (non-hydrogen) atoms. The molecule has 7 heteroatoms. The molecule has 0 unspecified atom stereocenters. The van der Waals surface area contributed by atoms with E-state index in [0.29, 0.717) is 5.92 Å². The largest absolute Gasteiger partial charge is 0.454 e. The zero-order valence-electron chi connectivity index (χ0n) is 15.1. The molecule has 6 nitrogen and oxygen atoms in total. The van der Waals surface area contributed by atoms with Crippen LogP contribution >= 0.6 is 0 Å². The molecule has 0 radical (unpaired) electrons. The van der Waals surface area contributed by atoms with Crippen molar-refractivity contribution in [2.45, 2.75) is 43.4 Å². The highest BCUT2D eigenvalue weighted by atomic mass is 32.2. The molecule has 1 aliphatic heterocycles. The van der Waals surface area contributed by atoms with Gasteiger partial charge in [0.2, 0.25) is 6.79 Å². The van der Waals surface area contributed by atoms with Crippen LogP contribution in [0.5, 0.6) is 11.5 Å². The summed E-state index contributed by atoms with van der Waals surface area (Å²) in [7, 11) is -3.62. The molecule has 1 heterocycles. The second-order valence-corrected chi connectivity index (χ2v) is 8.63. The predicted molar refractivity (Wildman–Crippen MR) is 103 cm³/mol. The molecule has 0 saturated heterocycles. The van der Waals surface area contributed by atoms with Gasteiger partial charge in [-0.2, -0.15) is 13.5 Å². The zero-order chi connectivity index (χ0) is 18.9. The normalized spacial score (nSPS) is 19.0. The van der Waals surface area contributed by atoms with Crippen LogP contribution in [0.4, 0.5) is 0 Å². The van der Waals surface area contributed by atoms with Gasteiger partial charge in [-0.3, -0.25) is 0 Å².